The number of nitrogens with zero attached hydrogens (tertiary/aromatic N) is 4. The van der Waals surface area contributed by atoms with Gasteiger partial charge in [0.15, 0.2) is 0 Å². The Morgan fingerprint density at radius 3 is 2.76 bits per heavy atom. The van der Waals surface area contributed by atoms with Crippen molar-refractivity contribution < 1.29 is 14.3 Å². The molecule has 1 saturated heterocycles. The number of hydrogen-bond acceptors (Lipinski definition) is 8. The third-order valence-electron chi connectivity index (χ3n) is 2.95. The summed E-state index contributed by atoms with van der Waals surface area (Å²) in [6, 6.07) is -0.434. The maximum absolute atomic E-state index is 11.9. The van der Waals surface area contributed by atoms with Crippen molar-refractivity contribution in [2.75, 3.05) is 23.8 Å². The molecule has 0 radical (unpaired) electrons. The van der Waals surface area contributed by atoms with Gasteiger partial charge >= 0.3 is 6.01 Å². The normalized spacial score (nSPS) is 18.6. The van der Waals surface area contributed by atoms with E-state index in [9.17, 15) is 9.59 Å². The molecule has 0 aromatic carbocycles. The molecule has 0 spiro atoms. The van der Waals surface area contributed by atoms with Crippen LogP contribution in [0, 0.1) is 0 Å². The largest absolute Gasteiger partial charge is 0.463 e. The molecular formula is C12H18N6O3. The molecule has 9 nitrogen and oxygen atoms in total. The van der Waals surface area contributed by atoms with Gasteiger partial charge in [-0.05, 0) is 12.8 Å². The quantitative estimate of drug-likeness (QED) is 0.695. The molecule has 1 aromatic heterocycles. The monoisotopic (exact) mass is 294 g/mol. The van der Waals surface area contributed by atoms with Crippen molar-refractivity contribution in [1.82, 2.24) is 20.3 Å². The lowest BCUT2D eigenvalue weighted by Crippen LogP contribution is -2.58. The van der Waals surface area contributed by atoms with E-state index in [0.717, 1.165) is 6.42 Å². The van der Waals surface area contributed by atoms with E-state index in [-0.39, 0.29) is 30.4 Å². The van der Waals surface area contributed by atoms with Crippen LogP contribution in [-0.2, 0) is 9.59 Å². The fourth-order valence-corrected chi connectivity index (χ4v) is 2.03. The number of nitrogen functional groups attached to an aromatic ring is 1. The lowest BCUT2D eigenvalue weighted by atomic mass is 10.1. The van der Waals surface area contributed by atoms with Gasteiger partial charge in [-0.1, -0.05) is 13.8 Å². The lowest BCUT2D eigenvalue weighted by molar-refractivity contribution is -0.133. The molecule has 1 aliphatic heterocycles. The van der Waals surface area contributed by atoms with E-state index in [1.807, 2.05) is 13.8 Å². The first-order chi connectivity index (χ1) is 10.0. The minimum atomic E-state index is -0.525. The van der Waals surface area contributed by atoms with E-state index < -0.39 is 11.9 Å². The van der Waals surface area contributed by atoms with Crippen molar-refractivity contribution in [3.8, 4) is 6.01 Å². The Balaban J connectivity index is 2.31. The van der Waals surface area contributed by atoms with Gasteiger partial charge in [-0.2, -0.15) is 15.0 Å². The average molecular weight is 294 g/mol. The van der Waals surface area contributed by atoms with Gasteiger partial charge in [-0.25, -0.2) is 0 Å². The van der Waals surface area contributed by atoms with E-state index in [2.05, 4.69) is 20.3 Å². The molecule has 1 atom stereocenters. The fraction of sp³-hybridized carbons (Fsp3) is 0.583. The number of imide groups is 1. The number of carbonyl (C=O) groups is 2. The SMILES string of the molecule is CCCOc1nc(N)nc(N2CC(=O)NC(=O)C2CC)n1. The van der Waals surface area contributed by atoms with Gasteiger partial charge < -0.3 is 15.4 Å². The van der Waals surface area contributed by atoms with Crippen LogP contribution in [0.1, 0.15) is 26.7 Å². The minimum absolute atomic E-state index is 0.0130. The topological polar surface area (TPSA) is 123 Å². The van der Waals surface area contributed by atoms with Crippen LogP contribution in [0.25, 0.3) is 0 Å². The second kappa shape index (κ2) is 6.33. The first-order valence-corrected chi connectivity index (χ1v) is 6.79. The number of nitrogens with two attached hydrogens (primary N) is 1. The average Bonchev–Trinajstić information content (AvgIpc) is 2.43. The summed E-state index contributed by atoms with van der Waals surface area (Å²) in [4.78, 5) is 36.9. The third-order valence-corrected chi connectivity index (χ3v) is 2.95. The second-order valence-electron chi connectivity index (χ2n) is 4.59. The summed E-state index contributed by atoms with van der Waals surface area (Å²) in [7, 11) is 0. The highest BCUT2D eigenvalue weighted by molar-refractivity contribution is 6.04. The van der Waals surface area contributed by atoms with Crippen molar-refractivity contribution in [3.05, 3.63) is 0 Å². The molecule has 3 N–H and O–H groups in total. The van der Waals surface area contributed by atoms with Crippen molar-refractivity contribution in [3.63, 3.8) is 0 Å². The summed E-state index contributed by atoms with van der Waals surface area (Å²) in [6.45, 7) is 4.22. The predicted octanol–water partition coefficient (Wildman–Crippen LogP) is -0.516. The summed E-state index contributed by atoms with van der Waals surface area (Å²) < 4.78 is 5.34. The zero-order chi connectivity index (χ0) is 15.4. The zero-order valence-electron chi connectivity index (χ0n) is 12.0. The molecule has 2 heterocycles. The number of hydrogen-bond donors (Lipinski definition) is 2. The van der Waals surface area contributed by atoms with Crippen LogP contribution in [-0.4, -0.2) is 46.0 Å². The van der Waals surface area contributed by atoms with Gasteiger partial charge in [0.2, 0.25) is 23.7 Å². The van der Waals surface area contributed by atoms with Crippen LogP contribution in [0.5, 0.6) is 6.01 Å². The summed E-state index contributed by atoms with van der Waals surface area (Å²) >= 11 is 0. The van der Waals surface area contributed by atoms with Crippen LogP contribution in [0.15, 0.2) is 0 Å². The number of nitrogens with one attached hydrogen (secondary N) is 1. The second-order valence-corrected chi connectivity index (χ2v) is 4.59. The van der Waals surface area contributed by atoms with Crippen LogP contribution >= 0.6 is 0 Å². The maximum Gasteiger partial charge on any atom is 0.323 e. The summed E-state index contributed by atoms with van der Waals surface area (Å²) in [5.41, 5.74) is 5.64. The van der Waals surface area contributed by atoms with Gasteiger partial charge in [0, 0.05) is 0 Å². The van der Waals surface area contributed by atoms with Crippen LogP contribution in [0.2, 0.25) is 0 Å². The molecule has 9 heteroatoms. The van der Waals surface area contributed by atoms with Crippen LogP contribution in [0.3, 0.4) is 0 Å². The summed E-state index contributed by atoms with van der Waals surface area (Å²) in [5, 5.41) is 2.29. The van der Waals surface area contributed by atoms with Gasteiger partial charge in [0.25, 0.3) is 0 Å². The standard InChI is InChI=1S/C12H18N6O3/c1-3-5-21-12-16-10(13)15-11(17-12)18-6-8(19)14-9(20)7(18)4-2/h7H,3-6H2,1-2H3,(H,14,19,20)(H2,13,15,16,17). The number of carbonyl (C=O) groups excluding carboxylic acids is 2. The first kappa shape index (κ1) is 14.9. The van der Waals surface area contributed by atoms with E-state index in [1.165, 1.54) is 4.90 Å². The van der Waals surface area contributed by atoms with E-state index in [0.29, 0.717) is 13.0 Å². The van der Waals surface area contributed by atoms with Crippen molar-refractivity contribution in [2.24, 2.45) is 0 Å². The molecule has 0 bridgehead atoms. The van der Waals surface area contributed by atoms with Gasteiger partial charge in [0.1, 0.15) is 12.6 Å². The Morgan fingerprint density at radius 1 is 1.33 bits per heavy atom. The Kier molecular flexibility index (Phi) is 4.51. The minimum Gasteiger partial charge on any atom is -0.463 e. The highest BCUT2D eigenvalue weighted by atomic mass is 16.5. The fourth-order valence-electron chi connectivity index (χ4n) is 2.03. The highest BCUT2D eigenvalue weighted by Gasteiger charge is 2.34. The molecule has 1 unspecified atom stereocenters. The Labute approximate surface area is 121 Å². The molecule has 2 amide bonds. The number of ether oxygens (including phenoxy) is 1. The number of rotatable bonds is 5. The Morgan fingerprint density at radius 2 is 2.10 bits per heavy atom. The highest BCUT2D eigenvalue weighted by Crippen LogP contribution is 2.19. The summed E-state index contributed by atoms with van der Waals surface area (Å²) in [6.07, 6.45) is 1.30. The number of piperazine rings is 1. The molecule has 0 saturated carbocycles. The number of aromatic nitrogens is 3. The Bertz CT molecular complexity index is 550. The van der Waals surface area contributed by atoms with Crippen molar-refractivity contribution >= 4 is 23.7 Å². The van der Waals surface area contributed by atoms with E-state index >= 15 is 0 Å². The van der Waals surface area contributed by atoms with Gasteiger partial charge in [-0.3, -0.25) is 14.9 Å². The molecule has 21 heavy (non-hydrogen) atoms. The zero-order valence-corrected chi connectivity index (χ0v) is 12.0. The Hall–Kier alpha value is -2.45. The number of amides is 2. The third kappa shape index (κ3) is 3.36. The molecule has 1 aromatic rings. The predicted molar refractivity (Wildman–Crippen MR) is 74.6 cm³/mol. The van der Waals surface area contributed by atoms with Gasteiger partial charge in [0.05, 0.1) is 6.61 Å². The lowest BCUT2D eigenvalue weighted by Gasteiger charge is -2.33. The first-order valence-electron chi connectivity index (χ1n) is 6.79. The molecular weight excluding hydrogens is 276 g/mol. The van der Waals surface area contributed by atoms with Crippen LogP contribution in [0.4, 0.5) is 11.9 Å². The number of anilines is 2. The molecule has 0 aliphatic carbocycles. The van der Waals surface area contributed by atoms with Gasteiger partial charge in [-0.15, -0.1) is 0 Å². The van der Waals surface area contributed by atoms with E-state index in [4.69, 9.17) is 10.5 Å². The molecule has 2 rings (SSSR count). The van der Waals surface area contributed by atoms with Crippen LogP contribution < -0.4 is 20.7 Å². The summed E-state index contributed by atoms with van der Waals surface area (Å²) in [5.74, 6) is -0.619. The van der Waals surface area contributed by atoms with Crippen molar-refractivity contribution in [2.45, 2.75) is 32.7 Å². The molecule has 1 fully saturated rings. The molecule has 114 valence electrons. The maximum atomic E-state index is 11.9. The smallest absolute Gasteiger partial charge is 0.323 e. The van der Waals surface area contributed by atoms with E-state index in [1.54, 1.807) is 0 Å². The van der Waals surface area contributed by atoms with Crippen molar-refractivity contribution in [1.29, 1.82) is 0 Å². The molecule has 1 aliphatic rings.